The van der Waals surface area contributed by atoms with Crippen LogP contribution in [-0.4, -0.2) is 82.6 Å². The fourth-order valence-electron chi connectivity index (χ4n) is 3.90. The summed E-state index contributed by atoms with van der Waals surface area (Å²) in [7, 11) is 0. The van der Waals surface area contributed by atoms with Gasteiger partial charge in [0, 0.05) is 12.5 Å². The molecule has 15 heteroatoms. The van der Waals surface area contributed by atoms with Crippen LogP contribution in [0.4, 0.5) is 18.0 Å². The molecule has 3 heterocycles. The summed E-state index contributed by atoms with van der Waals surface area (Å²) < 4.78 is 43.2. The minimum absolute atomic E-state index is 0. The monoisotopic (exact) mass is 444 g/mol. The normalized spacial score (nSPS) is 24.5. The predicted octanol–water partition coefficient (Wildman–Crippen LogP) is -4.34. The number of nitrogens with one attached hydrogen (secondary N) is 1. The van der Waals surface area contributed by atoms with Crippen LogP contribution in [0.25, 0.3) is 0 Å². The van der Waals surface area contributed by atoms with Crippen LogP contribution >= 0.6 is 0 Å². The van der Waals surface area contributed by atoms with Crippen molar-refractivity contribution in [2.75, 3.05) is 19.7 Å². The van der Waals surface area contributed by atoms with Gasteiger partial charge in [-0.2, -0.15) is 13.2 Å². The Morgan fingerprint density at radius 3 is 2.47 bits per heavy atom. The minimum Gasteiger partial charge on any atom is -1.00 e. The van der Waals surface area contributed by atoms with Crippen molar-refractivity contribution in [2.24, 2.45) is 11.7 Å². The molecule has 2 saturated heterocycles. The van der Waals surface area contributed by atoms with Crippen molar-refractivity contribution in [1.82, 2.24) is 15.1 Å². The molecule has 3 aliphatic heterocycles. The second-order valence-corrected chi connectivity index (χ2v) is 6.72. The second-order valence-electron chi connectivity index (χ2n) is 6.72. The number of carboxylic acids is 1. The van der Waals surface area contributed by atoms with Crippen LogP contribution in [0.15, 0.2) is 11.3 Å². The van der Waals surface area contributed by atoms with E-state index in [2.05, 4.69) is 0 Å². The van der Waals surface area contributed by atoms with Gasteiger partial charge in [-0.15, -0.1) is 0 Å². The van der Waals surface area contributed by atoms with Crippen molar-refractivity contribution >= 4 is 29.8 Å². The van der Waals surface area contributed by atoms with Crippen LogP contribution in [-0.2, 0) is 23.9 Å². The van der Waals surface area contributed by atoms with Gasteiger partial charge in [0.15, 0.2) is 0 Å². The van der Waals surface area contributed by atoms with Gasteiger partial charge in [-0.1, -0.05) is 0 Å². The first-order valence-corrected chi connectivity index (χ1v) is 8.28. The standard InChI is InChI=1S/C15H15F3N4O7.Na.H/c16-15(17,18)13(27)21-3-5-1-6(4-29-14(28)20-2-7(19)23)9(12(25)26)22-8(5)10(21)11(22)24;;/h5,8,10H,1-4H2,(H2,19,23)(H,20,28)(H,25,26);;/q;+1;-1. The van der Waals surface area contributed by atoms with E-state index in [0.717, 1.165) is 4.90 Å². The summed E-state index contributed by atoms with van der Waals surface area (Å²) in [5.41, 5.74) is 4.37. The SMILES string of the molecule is NC(=O)CNC(=O)OCC1=C(C(=O)O)N2C(=O)C3C2C(C1)CN3C(=O)C(F)(F)F.[H-].[Na+]. The van der Waals surface area contributed by atoms with Crippen molar-refractivity contribution < 1.29 is 78.0 Å². The maximum Gasteiger partial charge on any atom is 1.00 e. The van der Waals surface area contributed by atoms with Gasteiger partial charge in [-0.25, -0.2) is 9.59 Å². The van der Waals surface area contributed by atoms with E-state index in [1.54, 1.807) is 0 Å². The molecule has 0 saturated carbocycles. The summed E-state index contributed by atoms with van der Waals surface area (Å²) in [6.07, 6.45) is -6.32. The number of rotatable bonds is 5. The summed E-state index contributed by atoms with van der Waals surface area (Å²) in [6, 6.07) is -2.25. The molecule has 11 nitrogen and oxygen atoms in total. The number of carboxylic acid groups (broad SMARTS) is 1. The third-order valence-electron chi connectivity index (χ3n) is 4.94. The molecule has 3 unspecified atom stereocenters. The first-order chi connectivity index (χ1) is 13.4. The van der Waals surface area contributed by atoms with Gasteiger partial charge < -0.3 is 27.2 Å². The Balaban J connectivity index is 0.00000240. The molecule has 0 aromatic carbocycles. The number of alkyl halides is 3. The van der Waals surface area contributed by atoms with Gasteiger partial charge in [-0.3, -0.25) is 19.3 Å². The predicted molar refractivity (Wildman–Crippen MR) is 84.6 cm³/mol. The fourth-order valence-corrected chi connectivity index (χ4v) is 3.90. The number of β-lactam (4-membered cyclic amide) rings is 1. The third kappa shape index (κ3) is 4.11. The zero-order valence-electron chi connectivity index (χ0n) is 16.6. The number of aliphatic carboxylic acids is 1. The van der Waals surface area contributed by atoms with Crippen LogP contribution in [0.2, 0.25) is 0 Å². The van der Waals surface area contributed by atoms with Crippen LogP contribution in [0.3, 0.4) is 0 Å². The molecule has 0 spiro atoms. The number of carbonyl (C=O) groups is 5. The number of halogens is 3. The Morgan fingerprint density at radius 1 is 1.30 bits per heavy atom. The van der Waals surface area contributed by atoms with Gasteiger partial charge in [-0.05, 0) is 12.0 Å². The van der Waals surface area contributed by atoms with E-state index in [-0.39, 0.29) is 49.5 Å². The van der Waals surface area contributed by atoms with Gasteiger partial charge in [0.05, 0.1) is 12.6 Å². The molecular weight excluding hydrogens is 428 g/mol. The van der Waals surface area contributed by atoms with Gasteiger partial charge in [0.25, 0.3) is 5.91 Å². The molecule has 4 amide bonds. The average molecular weight is 444 g/mol. The van der Waals surface area contributed by atoms with Gasteiger partial charge >= 0.3 is 53.7 Å². The first kappa shape index (κ1) is 24.0. The van der Waals surface area contributed by atoms with Crippen molar-refractivity contribution in [3.8, 4) is 0 Å². The Bertz CT molecular complexity index is 853. The van der Waals surface area contributed by atoms with E-state index >= 15 is 0 Å². The molecule has 4 N–H and O–H groups in total. The molecule has 160 valence electrons. The Hall–Kier alpha value is -2.32. The second kappa shape index (κ2) is 8.43. The van der Waals surface area contributed by atoms with E-state index < -0.39 is 72.8 Å². The number of carbonyl (C=O) groups excluding carboxylic acids is 4. The molecule has 0 radical (unpaired) electrons. The van der Waals surface area contributed by atoms with Gasteiger partial charge in [0.1, 0.15) is 18.3 Å². The smallest absolute Gasteiger partial charge is 1.00 e. The molecule has 3 rings (SSSR count). The number of likely N-dealkylation sites (tertiary alicyclic amines) is 1. The van der Waals surface area contributed by atoms with Gasteiger partial charge in [0.2, 0.25) is 5.91 Å². The number of alkyl carbamates (subject to hydrolysis) is 1. The zero-order chi connectivity index (χ0) is 21.7. The number of nitrogens with two attached hydrogens (primary N) is 1. The van der Waals surface area contributed by atoms with Crippen LogP contribution in [0, 0.1) is 5.92 Å². The molecule has 3 atom stereocenters. The molecule has 2 fully saturated rings. The maximum absolute atomic E-state index is 12.8. The van der Waals surface area contributed by atoms with Crippen LogP contribution in [0.5, 0.6) is 0 Å². The minimum atomic E-state index is -5.16. The summed E-state index contributed by atoms with van der Waals surface area (Å²) in [5.74, 6) is -6.11. The first-order valence-electron chi connectivity index (χ1n) is 8.28. The van der Waals surface area contributed by atoms with E-state index in [9.17, 15) is 42.3 Å². The van der Waals surface area contributed by atoms with E-state index in [0.29, 0.717) is 4.90 Å². The van der Waals surface area contributed by atoms with Crippen LogP contribution < -0.4 is 40.6 Å². The van der Waals surface area contributed by atoms with E-state index in [1.807, 2.05) is 5.32 Å². The summed E-state index contributed by atoms with van der Waals surface area (Å²) in [4.78, 5) is 59.0. The quantitative estimate of drug-likeness (QED) is 0.286. The molecule has 0 bridgehead atoms. The molecular formula is C15H16F3N4NaO7. The largest absolute Gasteiger partial charge is 1.00 e. The number of hydrogen-bond acceptors (Lipinski definition) is 6. The Morgan fingerprint density at radius 2 is 1.93 bits per heavy atom. The van der Waals surface area contributed by atoms with E-state index in [1.165, 1.54) is 0 Å². The third-order valence-corrected chi connectivity index (χ3v) is 4.94. The topological polar surface area (TPSA) is 159 Å². The summed E-state index contributed by atoms with van der Waals surface area (Å²) in [5, 5.41) is 11.5. The van der Waals surface area contributed by atoms with E-state index in [4.69, 9.17) is 10.5 Å². The average Bonchev–Trinajstić information content (AvgIpc) is 2.98. The number of nitrogens with zero attached hydrogens (tertiary/aromatic N) is 2. The number of amides is 4. The fraction of sp³-hybridized carbons (Fsp3) is 0.533. The van der Waals surface area contributed by atoms with Crippen LogP contribution in [0.1, 0.15) is 7.85 Å². The van der Waals surface area contributed by atoms with Crippen molar-refractivity contribution in [2.45, 2.75) is 24.7 Å². The molecule has 0 aromatic heterocycles. The summed E-state index contributed by atoms with van der Waals surface area (Å²) in [6.45, 7) is -1.48. The number of hydrogen-bond donors (Lipinski definition) is 3. The Labute approximate surface area is 190 Å². The van der Waals surface area contributed by atoms with Crippen molar-refractivity contribution in [3.05, 3.63) is 11.3 Å². The van der Waals surface area contributed by atoms with Crippen molar-refractivity contribution in [3.63, 3.8) is 0 Å². The molecule has 30 heavy (non-hydrogen) atoms. The Kier molecular flexibility index (Phi) is 6.73. The van der Waals surface area contributed by atoms with Crippen molar-refractivity contribution in [1.29, 1.82) is 0 Å². The number of ether oxygens (including phenoxy) is 1. The zero-order valence-corrected chi connectivity index (χ0v) is 17.6. The summed E-state index contributed by atoms with van der Waals surface area (Å²) >= 11 is 0. The molecule has 0 aromatic rings. The molecule has 3 aliphatic rings. The molecule has 0 aliphatic carbocycles. The number of primary amides is 1. The maximum atomic E-state index is 12.8.